The number of nitrogens with one attached hydrogen (secondary N) is 1. The van der Waals surface area contributed by atoms with Crippen LogP contribution in [0.4, 0.5) is 0 Å². The highest BCUT2D eigenvalue weighted by molar-refractivity contribution is 4.82. The fourth-order valence-electron chi connectivity index (χ4n) is 1.72. The molecule has 0 saturated carbocycles. The van der Waals surface area contributed by atoms with Crippen molar-refractivity contribution in [2.45, 2.75) is 59.4 Å². The van der Waals surface area contributed by atoms with Gasteiger partial charge in [-0.2, -0.15) is 5.26 Å². The fourth-order valence-corrected chi connectivity index (χ4v) is 1.72. The summed E-state index contributed by atoms with van der Waals surface area (Å²) in [4.78, 5) is 0. The van der Waals surface area contributed by atoms with Gasteiger partial charge in [0.15, 0.2) is 0 Å². The lowest BCUT2D eigenvalue weighted by atomic mass is 9.79. The summed E-state index contributed by atoms with van der Waals surface area (Å²) in [5, 5.41) is 12.0. The number of hydrogen-bond donors (Lipinski definition) is 1. The molecule has 0 spiro atoms. The third-order valence-corrected chi connectivity index (χ3v) is 3.47. The maximum absolute atomic E-state index is 8.55. The molecule has 0 aliphatic rings. The molecule has 82 valence electrons. The molecule has 0 aromatic carbocycles. The Labute approximate surface area is 88.7 Å². The van der Waals surface area contributed by atoms with E-state index in [0.29, 0.717) is 17.9 Å². The second-order valence-corrected chi connectivity index (χ2v) is 4.20. The number of nitriles is 1. The summed E-state index contributed by atoms with van der Waals surface area (Å²) in [6, 6.07) is 2.52. The first kappa shape index (κ1) is 13.4. The first-order valence-electron chi connectivity index (χ1n) is 5.74. The maximum atomic E-state index is 8.55. The summed E-state index contributed by atoms with van der Waals surface area (Å²) in [5.74, 6) is 0. The summed E-state index contributed by atoms with van der Waals surface area (Å²) >= 11 is 0. The highest BCUT2D eigenvalue weighted by atomic mass is 14.9. The Bertz CT molecular complexity index is 169. The van der Waals surface area contributed by atoms with Gasteiger partial charge in [0, 0.05) is 12.6 Å². The zero-order valence-corrected chi connectivity index (χ0v) is 10.1. The van der Waals surface area contributed by atoms with Gasteiger partial charge >= 0.3 is 0 Å². The average molecular weight is 196 g/mol. The van der Waals surface area contributed by atoms with E-state index in [9.17, 15) is 0 Å². The number of rotatable bonds is 7. The second kappa shape index (κ2) is 6.84. The molecule has 1 atom stereocenters. The van der Waals surface area contributed by atoms with Crippen molar-refractivity contribution in [3.8, 4) is 6.07 Å². The van der Waals surface area contributed by atoms with Crippen molar-refractivity contribution in [1.29, 1.82) is 5.26 Å². The fraction of sp³-hybridized carbons (Fsp3) is 0.917. The summed E-state index contributed by atoms with van der Waals surface area (Å²) in [5.41, 5.74) is 0.434. The van der Waals surface area contributed by atoms with Crippen molar-refractivity contribution >= 4 is 0 Å². The van der Waals surface area contributed by atoms with Gasteiger partial charge in [-0.25, -0.2) is 0 Å². The van der Waals surface area contributed by atoms with Crippen molar-refractivity contribution < 1.29 is 0 Å². The molecule has 0 aliphatic carbocycles. The van der Waals surface area contributed by atoms with Crippen LogP contribution in [0.1, 0.15) is 53.4 Å². The third-order valence-electron chi connectivity index (χ3n) is 3.47. The van der Waals surface area contributed by atoms with E-state index >= 15 is 0 Å². The van der Waals surface area contributed by atoms with E-state index in [1.54, 1.807) is 0 Å². The zero-order valence-electron chi connectivity index (χ0n) is 10.1. The first-order chi connectivity index (χ1) is 6.64. The second-order valence-electron chi connectivity index (χ2n) is 4.20. The van der Waals surface area contributed by atoms with E-state index in [1.165, 1.54) is 19.3 Å². The van der Waals surface area contributed by atoms with Gasteiger partial charge < -0.3 is 5.32 Å². The monoisotopic (exact) mass is 196 g/mol. The molecule has 0 aromatic rings. The van der Waals surface area contributed by atoms with Crippen LogP contribution >= 0.6 is 0 Å². The van der Waals surface area contributed by atoms with E-state index < -0.39 is 0 Å². The van der Waals surface area contributed by atoms with Crippen LogP contribution in [0.3, 0.4) is 0 Å². The van der Waals surface area contributed by atoms with Crippen LogP contribution in [-0.2, 0) is 0 Å². The standard InChI is InChI=1S/C12H24N2/c1-5-12(6-2,7-3)10-14-11(4)8-9-13/h11,14H,5-8,10H2,1-4H3. The number of nitrogens with zero attached hydrogens (tertiary/aromatic N) is 1. The Morgan fingerprint density at radius 3 is 2.07 bits per heavy atom. The van der Waals surface area contributed by atoms with Gasteiger partial charge in [-0.3, -0.25) is 0 Å². The van der Waals surface area contributed by atoms with Crippen molar-refractivity contribution in [3.63, 3.8) is 0 Å². The normalized spacial score (nSPS) is 13.6. The summed E-state index contributed by atoms with van der Waals surface area (Å²) in [6.07, 6.45) is 4.25. The molecule has 0 aromatic heterocycles. The summed E-state index contributed by atoms with van der Waals surface area (Å²) in [6.45, 7) is 9.88. The predicted molar refractivity (Wildman–Crippen MR) is 61.0 cm³/mol. The molecular weight excluding hydrogens is 172 g/mol. The molecule has 2 heteroatoms. The molecule has 1 N–H and O–H groups in total. The van der Waals surface area contributed by atoms with Crippen LogP contribution < -0.4 is 5.32 Å². The lowest BCUT2D eigenvalue weighted by molar-refractivity contribution is 0.230. The van der Waals surface area contributed by atoms with Crippen LogP contribution in [-0.4, -0.2) is 12.6 Å². The Balaban J connectivity index is 4.00. The Morgan fingerprint density at radius 2 is 1.71 bits per heavy atom. The minimum atomic E-state index is 0.323. The topological polar surface area (TPSA) is 35.8 Å². The van der Waals surface area contributed by atoms with Crippen LogP contribution in [0.15, 0.2) is 0 Å². The van der Waals surface area contributed by atoms with Gasteiger partial charge in [-0.1, -0.05) is 20.8 Å². The van der Waals surface area contributed by atoms with Crippen molar-refractivity contribution in [3.05, 3.63) is 0 Å². The van der Waals surface area contributed by atoms with Crippen molar-refractivity contribution in [2.75, 3.05) is 6.54 Å². The first-order valence-corrected chi connectivity index (χ1v) is 5.74. The maximum Gasteiger partial charge on any atom is 0.0638 e. The summed E-state index contributed by atoms with van der Waals surface area (Å²) < 4.78 is 0. The van der Waals surface area contributed by atoms with Gasteiger partial charge in [0.05, 0.1) is 12.5 Å². The van der Waals surface area contributed by atoms with Crippen LogP contribution in [0.2, 0.25) is 0 Å². The van der Waals surface area contributed by atoms with Gasteiger partial charge in [0.1, 0.15) is 0 Å². The van der Waals surface area contributed by atoms with Crippen LogP contribution in [0, 0.1) is 16.7 Å². The van der Waals surface area contributed by atoms with Gasteiger partial charge in [0.2, 0.25) is 0 Å². The SMILES string of the molecule is CCC(CC)(CC)CNC(C)CC#N. The molecular formula is C12H24N2. The largest absolute Gasteiger partial charge is 0.313 e. The molecule has 0 rings (SSSR count). The Kier molecular flexibility index (Phi) is 6.57. The Morgan fingerprint density at radius 1 is 1.21 bits per heavy atom. The van der Waals surface area contributed by atoms with Crippen LogP contribution in [0.25, 0.3) is 0 Å². The Hall–Kier alpha value is -0.550. The predicted octanol–water partition coefficient (Wildman–Crippen LogP) is 3.09. The van der Waals surface area contributed by atoms with E-state index in [1.807, 2.05) is 0 Å². The smallest absolute Gasteiger partial charge is 0.0638 e. The molecule has 0 bridgehead atoms. The van der Waals surface area contributed by atoms with E-state index in [2.05, 4.69) is 39.1 Å². The lowest BCUT2D eigenvalue weighted by Crippen LogP contribution is -2.37. The lowest BCUT2D eigenvalue weighted by Gasteiger charge is -2.32. The van der Waals surface area contributed by atoms with Crippen LogP contribution in [0.5, 0.6) is 0 Å². The van der Waals surface area contributed by atoms with E-state index in [-0.39, 0.29) is 0 Å². The van der Waals surface area contributed by atoms with Gasteiger partial charge in [0.25, 0.3) is 0 Å². The molecule has 0 heterocycles. The minimum absolute atomic E-state index is 0.323. The third kappa shape index (κ3) is 4.11. The quantitative estimate of drug-likeness (QED) is 0.679. The van der Waals surface area contributed by atoms with Crippen molar-refractivity contribution in [2.24, 2.45) is 5.41 Å². The molecule has 1 unspecified atom stereocenters. The highest BCUT2D eigenvalue weighted by Gasteiger charge is 2.23. The van der Waals surface area contributed by atoms with E-state index in [0.717, 1.165) is 6.54 Å². The number of hydrogen-bond acceptors (Lipinski definition) is 2. The highest BCUT2D eigenvalue weighted by Crippen LogP contribution is 2.29. The molecule has 0 radical (unpaired) electrons. The summed E-state index contributed by atoms with van der Waals surface area (Å²) in [7, 11) is 0. The minimum Gasteiger partial charge on any atom is -0.313 e. The molecule has 0 saturated heterocycles. The molecule has 14 heavy (non-hydrogen) atoms. The average Bonchev–Trinajstić information content (AvgIpc) is 2.21. The molecule has 0 fully saturated rings. The van der Waals surface area contributed by atoms with Gasteiger partial charge in [-0.05, 0) is 31.6 Å². The molecule has 0 aliphatic heterocycles. The van der Waals surface area contributed by atoms with E-state index in [4.69, 9.17) is 5.26 Å². The van der Waals surface area contributed by atoms with Gasteiger partial charge in [-0.15, -0.1) is 0 Å². The zero-order chi connectivity index (χ0) is 11.0. The molecule has 2 nitrogen and oxygen atoms in total. The van der Waals surface area contributed by atoms with Crippen molar-refractivity contribution in [1.82, 2.24) is 5.32 Å². The molecule has 0 amide bonds.